The van der Waals surface area contributed by atoms with Gasteiger partial charge in [-0.1, -0.05) is 11.6 Å². The highest BCUT2D eigenvalue weighted by molar-refractivity contribution is 7.79. The molecule has 1 aromatic carbocycles. The van der Waals surface area contributed by atoms with Gasteiger partial charge < -0.3 is 9.45 Å². The Hall–Kier alpha value is -0.950. The smallest absolute Gasteiger partial charge is 0.253 e. The normalized spacial score (nSPS) is 18.0. The van der Waals surface area contributed by atoms with Gasteiger partial charge in [0.1, 0.15) is 0 Å². The second-order valence-corrected chi connectivity index (χ2v) is 6.62. The highest BCUT2D eigenvalue weighted by atomic mass is 35.5. The van der Waals surface area contributed by atoms with E-state index in [2.05, 4.69) is 18.7 Å². The van der Waals surface area contributed by atoms with Crippen molar-refractivity contribution in [3.63, 3.8) is 0 Å². The lowest BCUT2D eigenvalue weighted by molar-refractivity contribution is 0.0595. The topological polar surface area (TPSA) is 63.7 Å². The SMILES string of the molecule is CC(C)N1CCN(C(=O)c2ccc(Cl)c(S(=O)[O-])c2)CC1. The van der Waals surface area contributed by atoms with E-state index in [1.54, 1.807) is 11.0 Å². The molecule has 0 saturated carbocycles. The van der Waals surface area contributed by atoms with E-state index < -0.39 is 11.1 Å². The molecule has 7 heteroatoms. The fourth-order valence-corrected chi connectivity index (χ4v) is 3.15. The van der Waals surface area contributed by atoms with Crippen molar-refractivity contribution in [3.8, 4) is 0 Å². The molecule has 21 heavy (non-hydrogen) atoms. The van der Waals surface area contributed by atoms with Crippen molar-refractivity contribution in [2.24, 2.45) is 0 Å². The number of hydrogen-bond donors (Lipinski definition) is 0. The highest BCUT2D eigenvalue weighted by Crippen LogP contribution is 2.21. The van der Waals surface area contributed by atoms with Gasteiger partial charge >= 0.3 is 0 Å². The van der Waals surface area contributed by atoms with Crippen molar-refractivity contribution in [1.29, 1.82) is 0 Å². The maximum absolute atomic E-state index is 12.4. The van der Waals surface area contributed by atoms with Crippen LogP contribution in [0.2, 0.25) is 5.02 Å². The molecular weight excluding hydrogens is 312 g/mol. The van der Waals surface area contributed by atoms with Gasteiger partial charge in [0.2, 0.25) is 0 Å². The Morgan fingerprint density at radius 3 is 2.43 bits per heavy atom. The minimum Gasteiger partial charge on any atom is -0.768 e. The van der Waals surface area contributed by atoms with Crippen molar-refractivity contribution in [3.05, 3.63) is 28.8 Å². The predicted molar refractivity (Wildman–Crippen MR) is 81.3 cm³/mol. The van der Waals surface area contributed by atoms with Crippen LogP contribution in [0.25, 0.3) is 0 Å². The van der Waals surface area contributed by atoms with Crippen LogP contribution >= 0.6 is 11.6 Å². The molecule has 1 saturated heterocycles. The van der Waals surface area contributed by atoms with Crippen LogP contribution in [0.5, 0.6) is 0 Å². The lowest BCUT2D eigenvalue weighted by Gasteiger charge is -2.37. The number of halogens is 1. The van der Waals surface area contributed by atoms with Gasteiger partial charge in [-0.05, 0) is 43.1 Å². The molecule has 1 aliphatic rings. The van der Waals surface area contributed by atoms with Gasteiger partial charge in [0, 0.05) is 42.7 Å². The lowest BCUT2D eigenvalue weighted by atomic mass is 10.1. The van der Waals surface area contributed by atoms with Crippen molar-refractivity contribution in [2.45, 2.75) is 24.8 Å². The summed E-state index contributed by atoms with van der Waals surface area (Å²) < 4.78 is 22.1. The standard InChI is InChI=1S/C14H19ClN2O3S/c1-10(2)16-5-7-17(8-6-16)14(18)11-3-4-12(15)13(9-11)21(19)20/h3-4,9-10H,5-8H2,1-2H3,(H,19,20)/p-1. The van der Waals surface area contributed by atoms with Gasteiger partial charge in [-0.2, -0.15) is 0 Å². The minimum atomic E-state index is -2.45. The highest BCUT2D eigenvalue weighted by Gasteiger charge is 2.23. The largest absolute Gasteiger partial charge is 0.768 e. The fourth-order valence-electron chi connectivity index (χ4n) is 2.39. The summed E-state index contributed by atoms with van der Waals surface area (Å²) in [6.45, 7) is 7.22. The molecule has 0 spiro atoms. The molecule has 0 aromatic heterocycles. The molecule has 0 aliphatic carbocycles. The predicted octanol–water partition coefficient (Wildman–Crippen LogP) is 1.74. The van der Waals surface area contributed by atoms with E-state index in [1.807, 2.05) is 0 Å². The van der Waals surface area contributed by atoms with E-state index in [0.29, 0.717) is 24.7 Å². The average molecular weight is 330 g/mol. The molecule has 1 amide bonds. The summed E-state index contributed by atoms with van der Waals surface area (Å²) in [5, 5.41) is 0.129. The second kappa shape index (κ2) is 6.87. The van der Waals surface area contributed by atoms with Crippen LogP contribution in [0.4, 0.5) is 0 Å². The third kappa shape index (κ3) is 3.83. The maximum atomic E-state index is 12.4. The third-order valence-electron chi connectivity index (χ3n) is 3.69. The molecule has 1 unspecified atom stereocenters. The molecule has 5 nitrogen and oxygen atoms in total. The monoisotopic (exact) mass is 329 g/mol. The molecule has 0 bridgehead atoms. The van der Waals surface area contributed by atoms with E-state index in [1.165, 1.54) is 12.1 Å². The summed E-state index contributed by atoms with van der Waals surface area (Å²) in [4.78, 5) is 16.4. The maximum Gasteiger partial charge on any atom is 0.253 e. The van der Waals surface area contributed by atoms with E-state index in [-0.39, 0.29) is 15.8 Å². The van der Waals surface area contributed by atoms with E-state index in [9.17, 15) is 13.6 Å². The zero-order chi connectivity index (χ0) is 15.6. The minimum absolute atomic E-state index is 0.0386. The number of carbonyl (C=O) groups excluding carboxylic acids is 1. The van der Waals surface area contributed by atoms with Gasteiger partial charge in [-0.15, -0.1) is 0 Å². The zero-order valence-electron chi connectivity index (χ0n) is 12.0. The zero-order valence-corrected chi connectivity index (χ0v) is 13.6. The summed E-state index contributed by atoms with van der Waals surface area (Å²) in [7, 11) is 0. The van der Waals surface area contributed by atoms with E-state index in [4.69, 9.17) is 11.6 Å². The summed E-state index contributed by atoms with van der Waals surface area (Å²) in [5.41, 5.74) is 0.358. The molecule has 116 valence electrons. The van der Waals surface area contributed by atoms with Gasteiger partial charge in [-0.25, -0.2) is 0 Å². The lowest BCUT2D eigenvalue weighted by Crippen LogP contribution is -2.50. The van der Waals surface area contributed by atoms with Crippen LogP contribution in [-0.2, 0) is 11.1 Å². The molecule has 2 rings (SSSR count). The fraction of sp³-hybridized carbons (Fsp3) is 0.500. The molecule has 1 atom stereocenters. The van der Waals surface area contributed by atoms with E-state index >= 15 is 0 Å². The van der Waals surface area contributed by atoms with Crippen LogP contribution in [0.1, 0.15) is 24.2 Å². The van der Waals surface area contributed by atoms with Crippen LogP contribution in [0.15, 0.2) is 23.1 Å². The summed E-state index contributed by atoms with van der Waals surface area (Å²) in [6, 6.07) is 4.82. The first-order chi connectivity index (χ1) is 9.90. The quantitative estimate of drug-likeness (QED) is 0.792. The number of piperazine rings is 1. The number of amides is 1. The van der Waals surface area contributed by atoms with Crippen molar-refractivity contribution < 1.29 is 13.6 Å². The molecule has 1 heterocycles. The van der Waals surface area contributed by atoms with Crippen LogP contribution < -0.4 is 0 Å². The van der Waals surface area contributed by atoms with Gasteiger partial charge in [0.05, 0.1) is 5.02 Å². The van der Waals surface area contributed by atoms with Crippen LogP contribution in [-0.4, -0.2) is 56.7 Å². The van der Waals surface area contributed by atoms with Crippen molar-refractivity contribution in [1.82, 2.24) is 9.80 Å². The van der Waals surface area contributed by atoms with Crippen molar-refractivity contribution >= 4 is 28.6 Å². The summed E-state index contributed by atoms with van der Waals surface area (Å²) in [5.74, 6) is -0.151. The Balaban J connectivity index is 2.11. The summed E-state index contributed by atoms with van der Waals surface area (Å²) >= 11 is 3.37. The average Bonchev–Trinajstić information content (AvgIpc) is 2.46. The number of rotatable bonds is 3. The Kier molecular flexibility index (Phi) is 5.37. The molecule has 0 radical (unpaired) electrons. The Morgan fingerprint density at radius 1 is 1.29 bits per heavy atom. The third-order valence-corrected chi connectivity index (χ3v) is 4.83. The Morgan fingerprint density at radius 2 is 1.90 bits per heavy atom. The molecule has 1 aliphatic heterocycles. The molecular formula is C14H18ClN2O3S-. The molecule has 1 aromatic rings. The van der Waals surface area contributed by atoms with Crippen LogP contribution in [0, 0.1) is 0 Å². The number of nitrogens with zero attached hydrogens (tertiary/aromatic N) is 2. The Labute approximate surface area is 132 Å². The van der Waals surface area contributed by atoms with Gasteiger partial charge in [0.25, 0.3) is 5.91 Å². The summed E-state index contributed by atoms with van der Waals surface area (Å²) in [6.07, 6.45) is 0. The molecule has 0 N–H and O–H groups in total. The van der Waals surface area contributed by atoms with E-state index in [0.717, 1.165) is 13.1 Å². The number of benzene rings is 1. The number of hydrogen-bond acceptors (Lipinski definition) is 4. The number of carbonyl (C=O) groups is 1. The molecule has 1 fully saturated rings. The Bertz CT molecular complexity index is 557. The van der Waals surface area contributed by atoms with Gasteiger partial charge in [0.15, 0.2) is 0 Å². The first-order valence-electron chi connectivity index (χ1n) is 6.82. The van der Waals surface area contributed by atoms with Crippen LogP contribution in [0.3, 0.4) is 0 Å². The van der Waals surface area contributed by atoms with Gasteiger partial charge in [-0.3, -0.25) is 13.9 Å². The van der Waals surface area contributed by atoms with Crippen molar-refractivity contribution in [2.75, 3.05) is 26.2 Å². The first-order valence-corrected chi connectivity index (χ1v) is 8.27. The second-order valence-electron chi connectivity index (χ2n) is 5.30. The first kappa shape index (κ1) is 16.4.